The quantitative estimate of drug-likeness (QED) is 0.276. The van der Waals surface area contributed by atoms with Gasteiger partial charge in [-0.05, 0) is 44.6 Å². The molecule has 0 bridgehead atoms. The highest BCUT2D eigenvalue weighted by Crippen LogP contribution is 2.20. The van der Waals surface area contributed by atoms with Crippen molar-refractivity contribution < 1.29 is 18.6 Å². The first kappa shape index (κ1) is 16.3. The monoisotopic (exact) mass is 261 g/mol. The molecule has 0 aliphatic heterocycles. The maximum atomic E-state index is 11.4. The Balaban J connectivity index is 3.74. The minimum atomic E-state index is -0.677. The van der Waals surface area contributed by atoms with Crippen molar-refractivity contribution in [3.05, 3.63) is 12.2 Å². The van der Waals surface area contributed by atoms with Crippen molar-refractivity contribution in [2.75, 3.05) is 6.61 Å². The second kappa shape index (κ2) is 8.37. The van der Waals surface area contributed by atoms with E-state index in [1.54, 1.807) is 6.92 Å². The molecule has 0 spiro atoms. The predicted molar refractivity (Wildman–Crippen MR) is 68.4 cm³/mol. The van der Waals surface area contributed by atoms with E-state index in [0.29, 0.717) is 12.2 Å². The van der Waals surface area contributed by atoms with E-state index in [9.17, 15) is 9.36 Å². The summed E-state index contributed by atoms with van der Waals surface area (Å²) < 4.78 is 20.1. The highest BCUT2D eigenvalue weighted by atomic mass is 31.1. The largest absolute Gasteiger partial charge is 0.494 e. The molecule has 1 atom stereocenters. The van der Waals surface area contributed by atoms with Crippen LogP contribution < -0.4 is 0 Å². The van der Waals surface area contributed by atoms with Gasteiger partial charge in [-0.15, -0.1) is 4.52 Å². The Hall–Kier alpha value is -0.730. The molecule has 0 radical (unpaired) electrons. The van der Waals surface area contributed by atoms with Crippen molar-refractivity contribution >= 4 is 14.7 Å². The van der Waals surface area contributed by atoms with Gasteiger partial charge in [0.05, 0.1) is 0 Å². The minimum absolute atomic E-state index is 0.342. The van der Waals surface area contributed by atoms with Gasteiger partial charge in [0.25, 0.3) is 0 Å². The second-order valence-electron chi connectivity index (χ2n) is 4.67. The van der Waals surface area contributed by atoms with Crippen molar-refractivity contribution in [3.8, 4) is 0 Å². The molecule has 17 heavy (non-hydrogen) atoms. The molecule has 4 nitrogen and oxygen atoms in total. The molecule has 0 aromatic rings. The molecule has 0 aromatic heterocycles. The fourth-order valence-corrected chi connectivity index (χ4v) is 1.56. The summed E-state index contributed by atoms with van der Waals surface area (Å²) >= 11 is 0. The van der Waals surface area contributed by atoms with Crippen LogP contribution in [0.3, 0.4) is 0 Å². The SMILES string of the molecule is C=C(C)C(=O)OC(C)(C)CCCCCO[PH+]=O. The normalized spacial score (nSPS) is 11.5. The molecule has 0 saturated carbocycles. The van der Waals surface area contributed by atoms with Crippen LogP contribution in [0, 0.1) is 0 Å². The van der Waals surface area contributed by atoms with Gasteiger partial charge in [-0.1, -0.05) is 13.0 Å². The Labute approximate surface area is 105 Å². The van der Waals surface area contributed by atoms with E-state index in [-0.39, 0.29) is 5.97 Å². The number of ether oxygens (including phenoxy) is 1. The summed E-state index contributed by atoms with van der Waals surface area (Å²) in [5.41, 5.74) is -0.0418. The van der Waals surface area contributed by atoms with E-state index in [0.717, 1.165) is 25.7 Å². The third kappa shape index (κ3) is 9.02. The molecule has 0 rings (SSSR count). The highest BCUT2D eigenvalue weighted by Gasteiger charge is 2.22. The fourth-order valence-electron chi connectivity index (χ4n) is 1.33. The summed E-state index contributed by atoms with van der Waals surface area (Å²) in [6.07, 6.45) is 3.59. The molecular weight excluding hydrogens is 239 g/mol. The molecule has 0 aliphatic rings. The van der Waals surface area contributed by atoms with E-state index < -0.39 is 14.3 Å². The van der Waals surface area contributed by atoms with Gasteiger partial charge >= 0.3 is 14.7 Å². The Bertz CT molecular complexity index is 274. The third-order valence-electron chi connectivity index (χ3n) is 2.30. The van der Waals surface area contributed by atoms with Crippen LogP contribution in [0.4, 0.5) is 0 Å². The van der Waals surface area contributed by atoms with Gasteiger partial charge in [0, 0.05) is 5.57 Å². The van der Waals surface area contributed by atoms with Crippen LogP contribution in [0.1, 0.15) is 46.5 Å². The van der Waals surface area contributed by atoms with Gasteiger partial charge in [0.2, 0.25) is 0 Å². The van der Waals surface area contributed by atoms with Gasteiger partial charge in [-0.3, -0.25) is 0 Å². The average Bonchev–Trinajstić information content (AvgIpc) is 2.22. The van der Waals surface area contributed by atoms with E-state index >= 15 is 0 Å². The smallest absolute Gasteiger partial charge is 0.456 e. The van der Waals surface area contributed by atoms with Crippen molar-refractivity contribution in [2.45, 2.75) is 52.1 Å². The standard InChI is InChI=1S/C12H22O4P/c1-10(2)11(13)16-12(3,4)8-6-5-7-9-15-17-14/h17H,1,5-9H2,2-4H3/q+1. The van der Waals surface area contributed by atoms with Crippen LogP contribution in [0.15, 0.2) is 12.2 Å². The molecule has 0 aromatic carbocycles. The summed E-state index contributed by atoms with van der Waals surface area (Å²) in [6, 6.07) is 0. The van der Waals surface area contributed by atoms with E-state index in [2.05, 4.69) is 6.58 Å². The van der Waals surface area contributed by atoms with Crippen molar-refractivity contribution in [1.82, 2.24) is 0 Å². The summed E-state index contributed by atoms with van der Waals surface area (Å²) in [7, 11) is -0.677. The first-order valence-electron chi connectivity index (χ1n) is 5.77. The van der Waals surface area contributed by atoms with Crippen LogP contribution in [0.2, 0.25) is 0 Å². The predicted octanol–water partition coefficient (Wildman–Crippen LogP) is 3.40. The molecule has 5 heteroatoms. The highest BCUT2D eigenvalue weighted by molar-refractivity contribution is 7.17. The number of carbonyl (C=O) groups is 1. The Morgan fingerprint density at radius 3 is 2.47 bits per heavy atom. The number of rotatable bonds is 9. The maximum Gasteiger partial charge on any atom is 0.494 e. The van der Waals surface area contributed by atoms with Crippen molar-refractivity contribution in [1.29, 1.82) is 0 Å². The van der Waals surface area contributed by atoms with E-state index in [1.165, 1.54) is 0 Å². The minimum Gasteiger partial charge on any atom is -0.456 e. The first-order chi connectivity index (χ1) is 7.89. The first-order valence-corrected chi connectivity index (χ1v) is 6.58. The molecule has 0 aliphatic carbocycles. The number of unbranched alkanes of at least 4 members (excludes halogenated alkanes) is 2. The molecule has 0 N–H and O–H groups in total. The van der Waals surface area contributed by atoms with Gasteiger partial charge < -0.3 is 4.74 Å². The Morgan fingerprint density at radius 1 is 1.29 bits per heavy atom. The van der Waals surface area contributed by atoms with Gasteiger partial charge in [0.15, 0.2) is 0 Å². The number of hydrogen-bond donors (Lipinski definition) is 0. The lowest BCUT2D eigenvalue weighted by molar-refractivity contribution is -0.152. The molecule has 0 heterocycles. The third-order valence-corrected chi connectivity index (χ3v) is 2.62. The molecule has 0 saturated heterocycles. The van der Waals surface area contributed by atoms with Crippen LogP contribution >= 0.6 is 8.69 Å². The molecule has 0 fully saturated rings. The maximum absolute atomic E-state index is 11.4. The van der Waals surface area contributed by atoms with Gasteiger partial charge in [0.1, 0.15) is 12.2 Å². The van der Waals surface area contributed by atoms with Crippen LogP contribution in [0.25, 0.3) is 0 Å². The molecule has 1 unspecified atom stereocenters. The van der Waals surface area contributed by atoms with Crippen molar-refractivity contribution in [3.63, 3.8) is 0 Å². The fraction of sp³-hybridized carbons (Fsp3) is 0.750. The lowest BCUT2D eigenvalue weighted by Crippen LogP contribution is -2.28. The van der Waals surface area contributed by atoms with Crippen LogP contribution in [-0.4, -0.2) is 18.2 Å². The molecular formula is C12H22O4P+. The lowest BCUT2D eigenvalue weighted by Gasteiger charge is -2.25. The zero-order valence-corrected chi connectivity index (χ0v) is 11.9. The van der Waals surface area contributed by atoms with Crippen LogP contribution in [0.5, 0.6) is 0 Å². The summed E-state index contributed by atoms with van der Waals surface area (Å²) in [4.78, 5) is 11.4. The summed E-state index contributed by atoms with van der Waals surface area (Å²) in [6.45, 7) is 9.49. The van der Waals surface area contributed by atoms with Gasteiger partial charge in [-0.25, -0.2) is 4.79 Å². The second-order valence-corrected chi connectivity index (χ2v) is 5.13. The Kier molecular flexibility index (Phi) is 8.01. The zero-order valence-electron chi connectivity index (χ0n) is 10.9. The number of esters is 1. The van der Waals surface area contributed by atoms with E-state index in [4.69, 9.17) is 9.26 Å². The van der Waals surface area contributed by atoms with Crippen molar-refractivity contribution in [2.24, 2.45) is 0 Å². The Morgan fingerprint density at radius 2 is 1.94 bits per heavy atom. The molecule has 0 amide bonds. The number of hydrogen-bond acceptors (Lipinski definition) is 4. The number of carbonyl (C=O) groups excluding carboxylic acids is 1. The van der Waals surface area contributed by atoms with Crippen LogP contribution in [-0.2, 0) is 18.6 Å². The average molecular weight is 261 g/mol. The van der Waals surface area contributed by atoms with Gasteiger partial charge in [-0.2, -0.15) is 0 Å². The molecule has 98 valence electrons. The topological polar surface area (TPSA) is 52.6 Å². The zero-order chi connectivity index (χ0) is 13.3. The van der Waals surface area contributed by atoms with E-state index in [1.807, 2.05) is 13.8 Å². The summed E-state index contributed by atoms with van der Waals surface area (Å²) in [5, 5.41) is 0. The lowest BCUT2D eigenvalue weighted by atomic mass is 10.0. The summed E-state index contributed by atoms with van der Waals surface area (Å²) in [5.74, 6) is -0.342.